The fourth-order valence-corrected chi connectivity index (χ4v) is 0. The van der Waals surface area contributed by atoms with Crippen molar-refractivity contribution in [2.24, 2.45) is 0 Å². The zero-order valence-corrected chi connectivity index (χ0v) is 11.7. The van der Waals surface area contributed by atoms with Crippen molar-refractivity contribution in [3.8, 4) is 0 Å². The van der Waals surface area contributed by atoms with E-state index in [2.05, 4.69) is 0 Å². The number of rotatable bonds is 0. The summed E-state index contributed by atoms with van der Waals surface area (Å²) in [5, 5.41) is 29.5. The largest absolute Gasteiger partial charge is 4.00 e. The molecule has 0 aromatic heterocycles. The zero-order chi connectivity index (χ0) is 7.15. The summed E-state index contributed by atoms with van der Waals surface area (Å²) in [4.78, 5) is 16.5. The van der Waals surface area contributed by atoms with Gasteiger partial charge in [0.25, 0.3) is 0 Å². The van der Waals surface area contributed by atoms with Crippen LogP contribution >= 0.6 is 0 Å². The summed E-state index contributed by atoms with van der Waals surface area (Å²) in [6.07, 6.45) is 0. The molecule has 0 bridgehead atoms. The Labute approximate surface area is 118 Å². The van der Waals surface area contributed by atoms with Gasteiger partial charge < -0.3 is 66.2 Å². The van der Waals surface area contributed by atoms with Crippen molar-refractivity contribution in [2.75, 3.05) is 0 Å². The van der Waals surface area contributed by atoms with Crippen molar-refractivity contribution >= 4 is 0 Å². The third kappa shape index (κ3) is 9910. The van der Waals surface area contributed by atoms with Crippen LogP contribution < -0.4 is 0 Å². The molecule has 0 spiro atoms. The first-order chi connectivity index (χ1) is 3.46. The molecule has 108 valence electrons. The van der Waals surface area contributed by atoms with E-state index in [1.165, 1.54) is 0 Å². The molecule has 0 fully saturated rings. The molecule has 14 nitrogen and oxygen atoms in total. The SMILES string of the molecule is O=[N+]([O-])[O-].O=[N+]([O-])[O-].[NH2-].[NH2-].[NH2-].[NH2-].[OH-].[OH-].[Pt+4].[Pt+4]. The molecule has 0 aromatic rings. The number of nitrogens with two attached hydrogens (primary N) is 4. The number of hydrogen-bond donors (Lipinski definition) is 0. The maximum absolute atomic E-state index is 8.25. The molecular formula is H10N6O8Pt2. The molecular weight excluding hydrogens is 602 g/mol. The van der Waals surface area contributed by atoms with Gasteiger partial charge in [0.1, 0.15) is 0 Å². The zero-order valence-electron chi connectivity index (χ0n) is 7.18. The van der Waals surface area contributed by atoms with Crippen LogP contribution in [0.3, 0.4) is 0 Å². The smallest absolute Gasteiger partial charge is 0.870 e. The van der Waals surface area contributed by atoms with E-state index in [0.29, 0.717) is 0 Å². The Morgan fingerprint density at radius 1 is 0.562 bits per heavy atom. The molecule has 0 heterocycles. The topological polar surface area (TPSA) is 326 Å². The van der Waals surface area contributed by atoms with Crippen molar-refractivity contribution in [1.29, 1.82) is 0 Å². The Morgan fingerprint density at radius 2 is 0.562 bits per heavy atom. The van der Waals surface area contributed by atoms with Crippen molar-refractivity contribution < 1.29 is 63.3 Å². The predicted molar refractivity (Wildman–Crippen MR) is 45.7 cm³/mol. The molecule has 0 radical (unpaired) electrons. The Morgan fingerprint density at radius 3 is 0.562 bits per heavy atom. The molecule has 0 saturated carbocycles. The van der Waals surface area contributed by atoms with Crippen molar-refractivity contribution in [3.05, 3.63) is 55.2 Å². The van der Waals surface area contributed by atoms with Gasteiger partial charge in [0.2, 0.25) is 0 Å². The quantitative estimate of drug-likeness (QED) is 0.287. The van der Waals surface area contributed by atoms with Crippen LogP contribution in [0, 0.1) is 30.6 Å². The third-order valence-electron chi connectivity index (χ3n) is 0. The van der Waals surface area contributed by atoms with Gasteiger partial charge >= 0.3 is 42.1 Å². The second-order valence-electron chi connectivity index (χ2n) is 0.447. The maximum Gasteiger partial charge on any atom is 4.00 e. The summed E-state index contributed by atoms with van der Waals surface area (Å²) < 4.78 is 0. The minimum Gasteiger partial charge on any atom is -0.870 e. The first-order valence-electron chi connectivity index (χ1n) is 1.10. The van der Waals surface area contributed by atoms with Crippen LogP contribution in [-0.2, 0) is 42.1 Å². The fraction of sp³-hybridized carbons (Fsp3) is 0. The van der Waals surface area contributed by atoms with Gasteiger partial charge in [-0.05, 0) is 0 Å². The Bertz CT molecular complexity index is 80.5. The van der Waals surface area contributed by atoms with Gasteiger partial charge in [-0.1, -0.05) is 0 Å². The molecule has 16 heteroatoms. The minimum atomic E-state index is -1.75. The Balaban J connectivity index is -0.00000000375. The number of nitrogens with zero attached hydrogens (tertiary/aromatic N) is 2. The van der Waals surface area contributed by atoms with E-state index in [4.69, 9.17) is 30.6 Å². The van der Waals surface area contributed by atoms with Gasteiger partial charge in [-0.15, -0.1) is 0 Å². The first-order valence-corrected chi connectivity index (χ1v) is 1.10. The van der Waals surface area contributed by atoms with Crippen LogP contribution in [-0.4, -0.2) is 21.1 Å². The third-order valence-corrected chi connectivity index (χ3v) is 0. The average Bonchev–Trinajstić information content (AvgIpc) is 1.25. The maximum atomic E-state index is 8.25. The van der Waals surface area contributed by atoms with Crippen LogP contribution in [0.4, 0.5) is 0 Å². The molecule has 16 heavy (non-hydrogen) atoms. The van der Waals surface area contributed by atoms with Gasteiger partial charge in [0.05, 0.1) is 10.2 Å². The summed E-state index contributed by atoms with van der Waals surface area (Å²) in [6, 6.07) is 0. The molecule has 0 aliphatic heterocycles. The first kappa shape index (κ1) is 107. The molecule has 0 atom stereocenters. The summed E-state index contributed by atoms with van der Waals surface area (Å²) in [5.74, 6) is 0. The van der Waals surface area contributed by atoms with E-state index in [-0.39, 0.29) is 77.7 Å². The normalized spacial score (nSPS) is 3.00. The van der Waals surface area contributed by atoms with E-state index in [1.54, 1.807) is 0 Å². The molecule has 0 saturated heterocycles. The Kier molecular flexibility index (Phi) is 582. The van der Waals surface area contributed by atoms with Gasteiger partial charge in [0, 0.05) is 0 Å². The fourth-order valence-electron chi connectivity index (χ4n) is 0. The van der Waals surface area contributed by atoms with Gasteiger partial charge in [-0.3, -0.25) is 0 Å². The van der Waals surface area contributed by atoms with E-state index in [1.807, 2.05) is 0 Å². The molecule has 0 unspecified atom stereocenters. The average molecular weight is 612 g/mol. The second-order valence-corrected chi connectivity index (χ2v) is 0.447. The van der Waals surface area contributed by atoms with Crippen LogP contribution in [0.25, 0.3) is 24.6 Å². The van der Waals surface area contributed by atoms with Crippen LogP contribution in [0.15, 0.2) is 0 Å². The molecule has 10 N–H and O–H groups in total. The monoisotopic (exact) mass is 612 g/mol. The van der Waals surface area contributed by atoms with E-state index < -0.39 is 10.2 Å². The number of hydrogen-bond acceptors (Lipinski definition) is 8. The van der Waals surface area contributed by atoms with E-state index in [0.717, 1.165) is 0 Å². The van der Waals surface area contributed by atoms with Crippen LogP contribution in [0.5, 0.6) is 0 Å². The van der Waals surface area contributed by atoms with Gasteiger partial charge in [-0.2, -0.15) is 0 Å². The van der Waals surface area contributed by atoms with Crippen molar-refractivity contribution in [2.45, 2.75) is 0 Å². The van der Waals surface area contributed by atoms with Crippen LogP contribution in [0.2, 0.25) is 0 Å². The summed E-state index contributed by atoms with van der Waals surface area (Å²) in [6.45, 7) is 0. The summed E-state index contributed by atoms with van der Waals surface area (Å²) in [7, 11) is 0. The predicted octanol–water partition coefficient (Wildman–Crippen LogP) is 2.03. The molecule has 0 rings (SSSR count). The summed E-state index contributed by atoms with van der Waals surface area (Å²) in [5.41, 5.74) is 0. The minimum absolute atomic E-state index is 0. The van der Waals surface area contributed by atoms with Crippen molar-refractivity contribution in [1.82, 2.24) is 0 Å². The molecule has 0 aliphatic carbocycles. The van der Waals surface area contributed by atoms with Crippen LogP contribution in [0.1, 0.15) is 0 Å². The standard InChI is InChI=1S/2NO3.4H2N.2H2O.2Pt/c2*2-1(3)4;;;;;;;;/h;;6*1H2;;/q6*-1;;;2*+4/p-2. The van der Waals surface area contributed by atoms with Crippen molar-refractivity contribution in [3.63, 3.8) is 0 Å². The Hall–Kier alpha value is -0.463. The second kappa shape index (κ2) is 86.9. The summed E-state index contributed by atoms with van der Waals surface area (Å²) >= 11 is 0. The molecule has 0 amide bonds. The molecule has 0 aliphatic rings. The van der Waals surface area contributed by atoms with Gasteiger partial charge in [-0.25, -0.2) is 0 Å². The molecule has 0 aromatic carbocycles. The van der Waals surface area contributed by atoms with E-state index in [9.17, 15) is 0 Å². The van der Waals surface area contributed by atoms with E-state index >= 15 is 0 Å². The van der Waals surface area contributed by atoms with Gasteiger partial charge in [0.15, 0.2) is 0 Å².